The number of hydrogen-bond acceptors (Lipinski definition) is 1. The number of rotatable bonds is 0. The van der Waals surface area contributed by atoms with Crippen LogP contribution in [-0.2, 0) is 44.4 Å². The summed E-state index contributed by atoms with van der Waals surface area (Å²) in [6, 6.07) is 0. The van der Waals surface area contributed by atoms with E-state index in [4.69, 9.17) is 11.8 Å². The molecule has 0 aromatic carbocycles. The van der Waals surface area contributed by atoms with Crippen LogP contribution in [0.25, 0.3) is 0 Å². The van der Waals surface area contributed by atoms with Crippen molar-refractivity contribution in [3.8, 4) is 0 Å². The molecule has 0 unspecified atom stereocenters. The predicted molar refractivity (Wildman–Crippen MR) is 4.97 cm³/mol. The molecule has 0 aliphatic rings. The standard InChI is InChI=1S/CN.Cd.Fe/c1-2;;/q-1;;. The maximum absolute atomic E-state index is 6.25. The molecule has 0 aliphatic heterocycles. The van der Waals surface area contributed by atoms with Crippen molar-refractivity contribution in [2.24, 2.45) is 0 Å². The first-order chi connectivity index (χ1) is 1.00. The molecule has 0 fully saturated rings. The van der Waals surface area contributed by atoms with Crippen LogP contribution < -0.4 is 0 Å². The molecule has 0 N–H and O–H groups in total. The van der Waals surface area contributed by atoms with Gasteiger partial charge in [-0.2, -0.15) is 0 Å². The zero-order valence-electron chi connectivity index (χ0n) is 2.01. The van der Waals surface area contributed by atoms with Crippen LogP contribution in [0.4, 0.5) is 0 Å². The molecule has 0 amide bonds. The van der Waals surface area contributed by atoms with Gasteiger partial charge in [0.1, 0.15) is 0 Å². The zero-order chi connectivity index (χ0) is 2.00. The summed E-state index contributed by atoms with van der Waals surface area (Å²) < 4.78 is 0. The first kappa shape index (κ1) is 20.4. The Morgan fingerprint density at radius 2 is 1.25 bits per heavy atom. The minimum absolute atomic E-state index is 0. The Bertz CT molecular complexity index is 12.8. The fourth-order valence-corrected chi connectivity index (χ4v) is 0. The number of hydrogen-bond donors (Lipinski definition) is 0. The molecule has 1 nitrogen and oxygen atoms in total. The van der Waals surface area contributed by atoms with Gasteiger partial charge < -0.3 is 11.8 Å². The summed E-state index contributed by atoms with van der Waals surface area (Å²) in [4.78, 5) is 0. The molecule has 0 rings (SSSR count). The topological polar surface area (TPSA) is 23.8 Å². The van der Waals surface area contributed by atoms with Gasteiger partial charge in [0.25, 0.3) is 0 Å². The molecule has 0 aromatic rings. The Morgan fingerprint density at radius 3 is 1.25 bits per heavy atom. The molecule has 3 heteroatoms. The van der Waals surface area contributed by atoms with Crippen molar-refractivity contribution in [2.75, 3.05) is 0 Å². The van der Waals surface area contributed by atoms with E-state index in [1.54, 1.807) is 0 Å². The molecule has 0 saturated carbocycles. The van der Waals surface area contributed by atoms with Crippen molar-refractivity contribution in [1.29, 1.82) is 5.26 Å². The molecule has 0 atom stereocenters. The summed E-state index contributed by atoms with van der Waals surface area (Å²) in [5.41, 5.74) is 0. The van der Waals surface area contributed by atoms with Gasteiger partial charge in [0.05, 0.1) is 0 Å². The van der Waals surface area contributed by atoms with Crippen molar-refractivity contribution >= 4 is 0 Å². The maximum Gasteiger partial charge on any atom is 0 e. The molecule has 0 heterocycles. The van der Waals surface area contributed by atoms with Crippen molar-refractivity contribution in [3.63, 3.8) is 0 Å². The van der Waals surface area contributed by atoms with E-state index < -0.39 is 0 Å². The van der Waals surface area contributed by atoms with Gasteiger partial charge in [-0.1, -0.05) is 0 Å². The second kappa shape index (κ2) is 38.9. The van der Waals surface area contributed by atoms with Crippen LogP contribution in [0.3, 0.4) is 0 Å². The quantitative estimate of drug-likeness (QED) is 0.396. The molecule has 20 valence electrons. The van der Waals surface area contributed by atoms with Crippen LogP contribution in [0.1, 0.15) is 0 Å². The van der Waals surface area contributed by atoms with Crippen molar-refractivity contribution in [2.45, 2.75) is 0 Å². The molecule has 0 bridgehead atoms. The third kappa shape index (κ3) is 12.6. The zero-order valence-corrected chi connectivity index (χ0v) is 7.15. The van der Waals surface area contributed by atoms with Gasteiger partial charge in [0.15, 0.2) is 0 Å². The van der Waals surface area contributed by atoms with E-state index in [1.807, 2.05) is 0 Å². The van der Waals surface area contributed by atoms with Gasteiger partial charge in [-0.05, 0) is 0 Å². The summed E-state index contributed by atoms with van der Waals surface area (Å²) in [5.74, 6) is 0. The van der Waals surface area contributed by atoms with Gasteiger partial charge in [0.2, 0.25) is 0 Å². The fourth-order valence-electron chi connectivity index (χ4n) is 0. The first-order valence-electron chi connectivity index (χ1n) is 0.224. The molecule has 0 aliphatic carbocycles. The second-order valence-corrected chi connectivity index (χ2v) is 0. The van der Waals surface area contributed by atoms with Gasteiger partial charge >= 0.3 is 0 Å². The maximum atomic E-state index is 6.25. The molecule has 0 spiro atoms. The van der Waals surface area contributed by atoms with Gasteiger partial charge in [0, 0.05) is 44.4 Å². The van der Waals surface area contributed by atoms with Gasteiger partial charge in [-0.15, -0.1) is 0 Å². The molecule has 0 radical (unpaired) electrons. The Balaban J connectivity index is -0.00000000500. The molecular weight excluding hydrogens is 194 g/mol. The van der Waals surface area contributed by atoms with Crippen molar-refractivity contribution in [3.05, 3.63) is 6.57 Å². The van der Waals surface area contributed by atoms with Gasteiger partial charge in [-0.25, -0.2) is 0 Å². The summed E-state index contributed by atoms with van der Waals surface area (Å²) >= 11 is 0. The smallest absolute Gasteiger partial charge is 0 e. The van der Waals surface area contributed by atoms with Crippen LogP contribution in [-0.4, -0.2) is 0 Å². The Labute approximate surface area is 56.0 Å². The van der Waals surface area contributed by atoms with Crippen LogP contribution in [0.15, 0.2) is 0 Å². The first-order valence-corrected chi connectivity index (χ1v) is 0.224. The van der Waals surface area contributed by atoms with E-state index in [0.717, 1.165) is 0 Å². The molecule has 4 heavy (non-hydrogen) atoms. The SMILES string of the molecule is [C-]#N.[Cd].[Fe]. The van der Waals surface area contributed by atoms with Crippen LogP contribution in [0, 0.1) is 11.8 Å². The number of nitrogens with zero attached hydrogens (tertiary/aromatic N) is 1. The van der Waals surface area contributed by atoms with Crippen LogP contribution in [0.2, 0.25) is 0 Å². The minimum Gasteiger partial charge on any atom is -0.512 e. The van der Waals surface area contributed by atoms with Crippen LogP contribution in [0.5, 0.6) is 0 Å². The summed E-state index contributed by atoms with van der Waals surface area (Å²) in [6.45, 7) is 4.75. The molecule has 0 saturated heterocycles. The van der Waals surface area contributed by atoms with Gasteiger partial charge in [-0.3, -0.25) is 0 Å². The Kier molecular flexibility index (Phi) is 199. The van der Waals surface area contributed by atoms with E-state index in [-0.39, 0.29) is 44.4 Å². The monoisotopic (exact) mass is 196 g/mol. The van der Waals surface area contributed by atoms with E-state index in [0.29, 0.717) is 0 Å². The van der Waals surface area contributed by atoms with E-state index >= 15 is 0 Å². The Hall–Kier alpha value is 0.932. The summed E-state index contributed by atoms with van der Waals surface area (Å²) in [6.07, 6.45) is 0. The van der Waals surface area contributed by atoms with E-state index in [2.05, 4.69) is 0 Å². The largest absolute Gasteiger partial charge is 0.512 e. The molecule has 0 aromatic heterocycles. The third-order valence-electron chi connectivity index (χ3n) is 0. The average molecular weight is 194 g/mol. The van der Waals surface area contributed by atoms with Crippen LogP contribution >= 0.6 is 0 Å². The normalized spacial score (nSPS) is 0.500. The summed E-state index contributed by atoms with van der Waals surface area (Å²) in [5, 5.41) is 6.25. The minimum atomic E-state index is 0. The summed E-state index contributed by atoms with van der Waals surface area (Å²) in [7, 11) is 0. The molecular formula is CCdFeN-. The van der Waals surface area contributed by atoms with E-state index in [9.17, 15) is 0 Å². The average Bonchev–Trinajstić information content (AvgIpc) is 1.00. The predicted octanol–water partition coefficient (Wildman–Crippen LogP) is 0.0914. The third-order valence-corrected chi connectivity index (χ3v) is 0. The van der Waals surface area contributed by atoms with E-state index in [1.165, 1.54) is 0 Å². The van der Waals surface area contributed by atoms with Crippen molar-refractivity contribution in [1.82, 2.24) is 0 Å². The fraction of sp³-hybridized carbons (Fsp3) is 0. The van der Waals surface area contributed by atoms with Crippen molar-refractivity contribution < 1.29 is 44.4 Å². The Morgan fingerprint density at radius 1 is 1.25 bits per heavy atom. The second-order valence-electron chi connectivity index (χ2n) is 0.